The summed E-state index contributed by atoms with van der Waals surface area (Å²) in [5, 5.41) is 45.5. The molecule has 0 aliphatic rings. The van der Waals surface area contributed by atoms with Gasteiger partial charge in [0, 0.05) is 0 Å². The maximum absolute atomic E-state index is 11.3. The first-order valence-electron chi connectivity index (χ1n) is 6.44. The highest BCUT2D eigenvalue weighted by molar-refractivity contribution is 5.76. The molecule has 5 N–H and O–H groups in total. The third-order valence-electron chi connectivity index (χ3n) is 2.73. The van der Waals surface area contributed by atoms with E-state index in [0.29, 0.717) is 6.42 Å². The highest BCUT2D eigenvalue weighted by Crippen LogP contribution is 2.08. The molecular weight excluding hydrogens is 272 g/mol. The average molecular weight is 294 g/mol. The summed E-state index contributed by atoms with van der Waals surface area (Å²) in [5.41, 5.74) is 0. The first kappa shape index (κ1) is 18.8. The second kappa shape index (κ2) is 9.65. The number of carboxylic acids is 1. The number of carbonyl (C=O) groups excluding carboxylic acids is 1. The minimum absolute atomic E-state index is 0.0557. The molecule has 118 valence electrons. The topological polar surface area (TPSA) is 145 Å². The molecule has 0 aromatic carbocycles. The normalized spacial score (nSPS) is 17.1. The molecule has 20 heavy (non-hydrogen) atoms. The molecule has 8 heteroatoms. The van der Waals surface area contributed by atoms with Crippen LogP contribution in [0.5, 0.6) is 0 Å². The number of aliphatic carboxylic acids is 1. The van der Waals surface area contributed by atoms with Crippen LogP contribution in [0.4, 0.5) is 0 Å². The predicted octanol–water partition coefficient (Wildman–Crippen LogP) is -1.36. The summed E-state index contributed by atoms with van der Waals surface area (Å²) in [6.45, 7) is 2.07. The maximum atomic E-state index is 11.3. The van der Waals surface area contributed by atoms with Crippen molar-refractivity contribution >= 4 is 11.9 Å². The zero-order valence-corrected chi connectivity index (χ0v) is 11.3. The number of unbranched alkanes of at least 4 members (excludes halogenated alkanes) is 3. The minimum Gasteiger partial charge on any atom is -0.479 e. The molecule has 0 bridgehead atoms. The lowest BCUT2D eigenvalue weighted by Gasteiger charge is -2.23. The Morgan fingerprint density at radius 3 is 2.00 bits per heavy atom. The highest BCUT2D eigenvalue weighted by Gasteiger charge is 2.38. The number of aliphatic hydroxyl groups excluding tert-OH is 4. The Morgan fingerprint density at radius 2 is 1.50 bits per heavy atom. The highest BCUT2D eigenvalue weighted by atomic mass is 16.5. The van der Waals surface area contributed by atoms with E-state index in [1.54, 1.807) is 0 Å². The van der Waals surface area contributed by atoms with Crippen molar-refractivity contribution in [3.8, 4) is 0 Å². The number of esters is 1. The Hall–Kier alpha value is -1.22. The van der Waals surface area contributed by atoms with Crippen LogP contribution in [-0.2, 0) is 14.3 Å². The summed E-state index contributed by atoms with van der Waals surface area (Å²) in [6.07, 6.45) is -5.34. The van der Waals surface area contributed by atoms with Crippen molar-refractivity contribution in [3.05, 3.63) is 0 Å². The van der Waals surface area contributed by atoms with Crippen molar-refractivity contribution < 1.29 is 39.9 Å². The standard InChI is InChI=1S/C12H22O8/c1-2-3-4-5-6-20-12(19)10(16)8(14)7(13)9(15)11(17)18/h7-10,13-16H,2-6H2,1H3,(H,17,18)/t7-,8+,9+,10-/m1/s1. The fourth-order valence-electron chi connectivity index (χ4n) is 1.45. The van der Waals surface area contributed by atoms with Crippen LogP contribution >= 0.6 is 0 Å². The number of hydrogen-bond donors (Lipinski definition) is 5. The van der Waals surface area contributed by atoms with Crippen molar-refractivity contribution in [2.45, 2.75) is 57.0 Å². The largest absolute Gasteiger partial charge is 0.479 e. The molecule has 0 fully saturated rings. The van der Waals surface area contributed by atoms with Gasteiger partial charge in [-0.25, -0.2) is 9.59 Å². The molecule has 0 rings (SSSR count). The molecule has 0 saturated carbocycles. The van der Waals surface area contributed by atoms with E-state index >= 15 is 0 Å². The van der Waals surface area contributed by atoms with Gasteiger partial charge in [-0.3, -0.25) is 0 Å². The van der Waals surface area contributed by atoms with Crippen LogP contribution in [-0.4, -0.2) is 68.5 Å². The van der Waals surface area contributed by atoms with Gasteiger partial charge in [-0.1, -0.05) is 26.2 Å². The van der Waals surface area contributed by atoms with Crippen LogP contribution in [0.2, 0.25) is 0 Å². The molecule has 0 aromatic rings. The molecule has 0 radical (unpaired) electrons. The number of ether oxygens (including phenoxy) is 1. The molecule has 0 heterocycles. The quantitative estimate of drug-likeness (QED) is 0.245. The Labute approximate surface area is 116 Å². The number of carbonyl (C=O) groups is 2. The van der Waals surface area contributed by atoms with Crippen LogP contribution < -0.4 is 0 Å². The van der Waals surface area contributed by atoms with Crippen LogP contribution in [0.1, 0.15) is 32.6 Å². The summed E-state index contributed by atoms with van der Waals surface area (Å²) < 4.78 is 4.67. The Morgan fingerprint density at radius 1 is 0.950 bits per heavy atom. The van der Waals surface area contributed by atoms with Gasteiger partial charge in [-0.2, -0.15) is 0 Å². The fraction of sp³-hybridized carbons (Fsp3) is 0.833. The van der Waals surface area contributed by atoms with Gasteiger partial charge in [-0.05, 0) is 6.42 Å². The molecule has 0 unspecified atom stereocenters. The van der Waals surface area contributed by atoms with Gasteiger partial charge in [-0.15, -0.1) is 0 Å². The van der Waals surface area contributed by atoms with Crippen molar-refractivity contribution in [1.29, 1.82) is 0 Å². The summed E-state index contributed by atoms with van der Waals surface area (Å²) >= 11 is 0. The second-order valence-corrected chi connectivity index (χ2v) is 4.44. The van der Waals surface area contributed by atoms with Gasteiger partial charge in [0.15, 0.2) is 12.2 Å². The van der Waals surface area contributed by atoms with Gasteiger partial charge >= 0.3 is 11.9 Å². The van der Waals surface area contributed by atoms with E-state index in [9.17, 15) is 24.9 Å². The molecule has 4 atom stereocenters. The smallest absolute Gasteiger partial charge is 0.337 e. The van der Waals surface area contributed by atoms with Crippen LogP contribution in [0.3, 0.4) is 0 Å². The fourth-order valence-corrected chi connectivity index (χ4v) is 1.45. The van der Waals surface area contributed by atoms with Crippen LogP contribution in [0.25, 0.3) is 0 Å². The molecular formula is C12H22O8. The number of rotatable bonds is 10. The molecule has 0 aliphatic carbocycles. The predicted molar refractivity (Wildman–Crippen MR) is 66.8 cm³/mol. The van der Waals surface area contributed by atoms with E-state index in [2.05, 4.69) is 4.74 Å². The van der Waals surface area contributed by atoms with Gasteiger partial charge in [0.2, 0.25) is 0 Å². The molecule has 8 nitrogen and oxygen atoms in total. The number of hydrogen-bond acceptors (Lipinski definition) is 7. The lowest BCUT2D eigenvalue weighted by Crippen LogP contribution is -2.50. The van der Waals surface area contributed by atoms with E-state index in [-0.39, 0.29) is 6.61 Å². The van der Waals surface area contributed by atoms with Gasteiger partial charge < -0.3 is 30.3 Å². The Kier molecular flexibility index (Phi) is 9.06. The first-order chi connectivity index (χ1) is 9.32. The third-order valence-corrected chi connectivity index (χ3v) is 2.73. The van der Waals surface area contributed by atoms with E-state index in [1.165, 1.54) is 0 Å². The molecule has 0 amide bonds. The maximum Gasteiger partial charge on any atom is 0.337 e. The zero-order valence-electron chi connectivity index (χ0n) is 11.3. The van der Waals surface area contributed by atoms with E-state index < -0.39 is 36.4 Å². The molecule has 0 saturated heterocycles. The Balaban J connectivity index is 4.18. The third kappa shape index (κ3) is 6.29. The lowest BCUT2D eigenvalue weighted by atomic mass is 10.0. The summed E-state index contributed by atoms with van der Waals surface area (Å²) in [5.74, 6) is -2.96. The second-order valence-electron chi connectivity index (χ2n) is 4.44. The van der Waals surface area contributed by atoms with Crippen molar-refractivity contribution in [2.24, 2.45) is 0 Å². The number of aliphatic hydroxyl groups is 4. The summed E-state index contributed by atoms with van der Waals surface area (Å²) in [4.78, 5) is 21.7. The van der Waals surface area contributed by atoms with Gasteiger partial charge in [0.05, 0.1) is 6.61 Å². The van der Waals surface area contributed by atoms with E-state index in [4.69, 9.17) is 10.2 Å². The lowest BCUT2D eigenvalue weighted by molar-refractivity contribution is -0.176. The minimum atomic E-state index is -2.31. The Bertz CT molecular complexity index is 306. The molecule has 0 spiro atoms. The molecule has 0 aromatic heterocycles. The van der Waals surface area contributed by atoms with Crippen LogP contribution in [0.15, 0.2) is 0 Å². The summed E-state index contributed by atoms with van der Waals surface area (Å²) in [6, 6.07) is 0. The SMILES string of the molecule is CCCCCCOC(=O)[C@H](O)[C@@H](O)[C@@H](O)[C@H](O)C(=O)O. The van der Waals surface area contributed by atoms with Gasteiger partial charge in [0.1, 0.15) is 12.2 Å². The molecule has 0 aliphatic heterocycles. The van der Waals surface area contributed by atoms with Gasteiger partial charge in [0.25, 0.3) is 0 Å². The first-order valence-corrected chi connectivity index (χ1v) is 6.44. The van der Waals surface area contributed by atoms with E-state index in [1.807, 2.05) is 6.92 Å². The monoisotopic (exact) mass is 294 g/mol. The van der Waals surface area contributed by atoms with Crippen molar-refractivity contribution in [2.75, 3.05) is 6.61 Å². The van der Waals surface area contributed by atoms with E-state index in [0.717, 1.165) is 19.3 Å². The van der Waals surface area contributed by atoms with Crippen LogP contribution in [0, 0.1) is 0 Å². The zero-order chi connectivity index (χ0) is 15.7. The average Bonchev–Trinajstić information content (AvgIpc) is 2.43. The van der Waals surface area contributed by atoms with Crippen molar-refractivity contribution in [1.82, 2.24) is 0 Å². The summed E-state index contributed by atoms with van der Waals surface area (Å²) in [7, 11) is 0. The number of carboxylic acid groups (broad SMARTS) is 1. The van der Waals surface area contributed by atoms with Crippen molar-refractivity contribution in [3.63, 3.8) is 0 Å².